The van der Waals surface area contributed by atoms with E-state index < -0.39 is 0 Å². The molecular formula is C12H21N3O. The Balaban J connectivity index is 3.02. The van der Waals surface area contributed by atoms with Crippen LogP contribution >= 0.6 is 0 Å². The fraction of sp³-hybridized carbons (Fsp3) is 0.500. The lowest BCUT2D eigenvalue weighted by atomic mass is 9.86. The predicted octanol–water partition coefficient (Wildman–Crippen LogP) is 1.83. The van der Waals surface area contributed by atoms with Crippen LogP contribution in [0.2, 0.25) is 0 Å². The molecule has 0 fully saturated rings. The Hall–Kier alpha value is -1.26. The van der Waals surface area contributed by atoms with E-state index >= 15 is 0 Å². The van der Waals surface area contributed by atoms with Gasteiger partial charge in [0.25, 0.3) is 0 Å². The lowest BCUT2D eigenvalue weighted by Gasteiger charge is -2.23. The smallest absolute Gasteiger partial charge is 0.122 e. The average Bonchev–Trinajstić information content (AvgIpc) is 2.24. The first-order chi connectivity index (χ1) is 7.49. The zero-order valence-corrected chi connectivity index (χ0v) is 10.4. The number of hydrogen-bond donors (Lipinski definition) is 3. The number of anilines is 1. The molecule has 4 N–H and O–H groups in total. The van der Waals surface area contributed by atoms with Gasteiger partial charge in [-0.3, -0.25) is 5.84 Å². The van der Waals surface area contributed by atoms with Gasteiger partial charge in [0.2, 0.25) is 0 Å². The second kappa shape index (κ2) is 5.18. The van der Waals surface area contributed by atoms with E-state index in [0.717, 1.165) is 11.4 Å². The van der Waals surface area contributed by atoms with Crippen molar-refractivity contribution >= 4 is 5.69 Å². The predicted molar refractivity (Wildman–Crippen MR) is 67.5 cm³/mol. The van der Waals surface area contributed by atoms with Crippen LogP contribution in [0.25, 0.3) is 0 Å². The van der Waals surface area contributed by atoms with Crippen molar-refractivity contribution in [2.24, 2.45) is 5.84 Å². The normalized spacial score (nSPS) is 11.3. The third-order valence-electron chi connectivity index (χ3n) is 2.40. The van der Waals surface area contributed by atoms with E-state index in [0.29, 0.717) is 6.67 Å². The third kappa shape index (κ3) is 3.12. The van der Waals surface area contributed by atoms with E-state index in [1.54, 1.807) is 7.11 Å². The van der Waals surface area contributed by atoms with Gasteiger partial charge in [-0.25, -0.2) is 5.43 Å². The largest absolute Gasteiger partial charge is 0.496 e. The van der Waals surface area contributed by atoms with Crippen LogP contribution in [-0.2, 0) is 5.41 Å². The number of ether oxygens (including phenoxy) is 1. The number of rotatable bonds is 4. The minimum Gasteiger partial charge on any atom is -0.496 e. The molecule has 0 bridgehead atoms. The maximum absolute atomic E-state index is 5.36. The van der Waals surface area contributed by atoms with Crippen molar-refractivity contribution in [3.05, 3.63) is 23.8 Å². The molecule has 0 aliphatic carbocycles. The first-order valence-corrected chi connectivity index (χ1v) is 5.35. The third-order valence-corrected chi connectivity index (χ3v) is 2.40. The van der Waals surface area contributed by atoms with Crippen molar-refractivity contribution in [2.75, 3.05) is 19.1 Å². The van der Waals surface area contributed by atoms with Crippen molar-refractivity contribution < 1.29 is 4.74 Å². The first kappa shape index (κ1) is 12.8. The molecule has 0 radical (unpaired) electrons. The van der Waals surface area contributed by atoms with Crippen LogP contribution in [0.5, 0.6) is 5.75 Å². The maximum atomic E-state index is 5.36. The molecule has 0 aliphatic rings. The van der Waals surface area contributed by atoms with Gasteiger partial charge in [0.15, 0.2) is 0 Å². The molecule has 0 saturated carbocycles. The van der Waals surface area contributed by atoms with E-state index in [-0.39, 0.29) is 5.41 Å². The minimum atomic E-state index is 0.0547. The van der Waals surface area contributed by atoms with E-state index in [4.69, 9.17) is 10.6 Å². The van der Waals surface area contributed by atoms with Crippen LogP contribution in [0.15, 0.2) is 18.2 Å². The van der Waals surface area contributed by atoms with Crippen molar-refractivity contribution in [2.45, 2.75) is 26.2 Å². The number of hydrogen-bond acceptors (Lipinski definition) is 4. The second-order valence-corrected chi connectivity index (χ2v) is 4.72. The highest BCUT2D eigenvalue weighted by molar-refractivity contribution is 5.53. The summed E-state index contributed by atoms with van der Waals surface area (Å²) in [6, 6.07) is 6.04. The summed E-state index contributed by atoms with van der Waals surface area (Å²) in [5, 5.41) is 3.17. The second-order valence-electron chi connectivity index (χ2n) is 4.72. The summed E-state index contributed by atoms with van der Waals surface area (Å²) in [6.45, 7) is 7.03. The molecule has 0 unspecified atom stereocenters. The molecule has 0 saturated heterocycles. The number of nitrogens with two attached hydrogens (primary N) is 1. The minimum absolute atomic E-state index is 0.0547. The summed E-state index contributed by atoms with van der Waals surface area (Å²) in [7, 11) is 1.69. The van der Waals surface area contributed by atoms with E-state index in [2.05, 4.69) is 37.6 Å². The van der Waals surface area contributed by atoms with Gasteiger partial charge < -0.3 is 10.1 Å². The van der Waals surface area contributed by atoms with Crippen LogP contribution in [0.4, 0.5) is 5.69 Å². The summed E-state index contributed by atoms with van der Waals surface area (Å²) in [5.74, 6) is 6.13. The molecule has 0 atom stereocenters. The molecule has 1 aromatic rings. The number of hydrazine groups is 1. The van der Waals surface area contributed by atoms with Gasteiger partial charge in [0, 0.05) is 11.3 Å². The monoisotopic (exact) mass is 223 g/mol. The van der Waals surface area contributed by atoms with Crippen LogP contribution in [-0.4, -0.2) is 13.8 Å². The Morgan fingerprint density at radius 1 is 1.31 bits per heavy atom. The summed E-state index contributed by atoms with van der Waals surface area (Å²) in [4.78, 5) is 0. The molecule has 1 rings (SSSR count). The Morgan fingerprint density at radius 2 is 2.00 bits per heavy atom. The van der Waals surface area contributed by atoms with Crippen LogP contribution < -0.4 is 21.3 Å². The van der Waals surface area contributed by atoms with Crippen molar-refractivity contribution in [3.8, 4) is 5.75 Å². The molecule has 90 valence electrons. The molecule has 0 amide bonds. The Kier molecular flexibility index (Phi) is 4.15. The Labute approximate surface area is 97.1 Å². The van der Waals surface area contributed by atoms with E-state index in [1.165, 1.54) is 5.56 Å². The Bertz CT molecular complexity index is 345. The van der Waals surface area contributed by atoms with Gasteiger partial charge in [-0.1, -0.05) is 20.8 Å². The molecule has 1 aromatic carbocycles. The molecule has 0 spiro atoms. The SMILES string of the molecule is COc1ccc(NCNN)cc1C(C)(C)C. The molecule has 0 aliphatic heterocycles. The highest BCUT2D eigenvalue weighted by Gasteiger charge is 2.19. The zero-order chi connectivity index (χ0) is 12.2. The van der Waals surface area contributed by atoms with Gasteiger partial charge in [-0.2, -0.15) is 0 Å². The number of methoxy groups -OCH3 is 1. The summed E-state index contributed by atoms with van der Waals surface area (Å²) < 4.78 is 5.36. The summed E-state index contributed by atoms with van der Waals surface area (Å²) in [6.07, 6.45) is 0. The Morgan fingerprint density at radius 3 is 2.50 bits per heavy atom. The van der Waals surface area contributed by atoms with Gasteiger partial charge in [-0.05, 0) is 23.6 Å². The maximum Gasteiger partial charge on any atom is 0.122 e. The van der Waals surface area contributed by atoms with Gasteiger partial charge in [0.1, 0.15) is 5.75 Å². The van der Waals surface area contributed by atoms with Crippen molar-refractivity contribution in [1.29, 1.82) is 0 Å². The van der Waals surface area contributed by atoms with E-state index in [1.807, 2.05) is 12.1 Å². The lowest BCUT2D eigenvalue weighted by molar-refractivity contribution is 0.397. The molecule has 0 heterocycles. The molecule has 4 nitrogen and oxygen atoms in total. The van der Waals surface area contributed by atoms with Crippen LogP contribution in [0.1, 0.15) is 26.3 Å². The highest BCUT2D eigenvalue weighted by Crippen LogP contribution is 2.33. The standard InChI is InChI=1S/C12H21N3O/c1-12(2,3)10-7-9(14-8-15-13)5-6-11(10)16-4/h5-7,14-15H,8,13H2,1-4H3. The first-order valence-electron chi connectivity index (χ1n) is 5.35. The summed E-state index contributed by atoms with van der Waals surface area (Å²) in [5.41, 5.74) is 4.82. The quantitative estimate of drug-likeness (QED) is 0.414. The fourth-order valence-electron chi connectivity index (χ4n) is 1.56. The topological polar surface area (TPSA) is 59.3 Å². The molecule has 16 heavy (non-hydrogen) atoms. The molecular weight excluding hydrogens is 202 g/mol. The van der Waals surface area contributed by atoms with Crippen molar-refractivity contribution in [3.63, 3.8) is 0 Å². The van der Waals surface area contributed by atoms with Gasteiger partial charge in [0.05, 0.1) is 13.8 Å². The number of benzene rings is 1. The average molecular weight is 223 g/mol. The van der Waals surface area contributed by atoms with Crippen molar-refractivity contribution in [1.82, 2.24) is 5.43 Å². The number of nitrogens with one attached hydrogen (secondary N) is 2. The zero-order valence-electron chi connectivity index (χ0n) is 10.4. The highest BCUT2D eigenvalue weighted by atomic mass is 16.5. The molecule has 4 heteroatoms. The lowest BCUT2D eigenvalue weighted by Crippen LogP contribution is -2.28. The molecule has 0 aromatic heterocycles. The summed E-state index contributed by atoms with van der Waals surface area (Å²) >= 11 is 0. The van der Waals surface area contributed by atoms with Gasteiger partial charge in [-0.15, -0.1) is 0 Å². The van der Waals surface area contributed by atoms with Gasteiger partial charge >= 0.3 is 0 Å². The van der Waals surface area contributed by atoms with Crippen LogP contribution in [0, 0.1) is 0 Å². The van der Waals surface area contributed by atoms with Crippen LogP contribution in [0.3, 0.4) is 0 Å². The van der Waals surface area contributed by atoms with E-state index in [9.17, 15) is 0 Å². The fourth-order valence-corrected chi connectivity index (χ4v) is 1.56.